The zero-order valence-electron chi connectivity index (χ0n) is 17.7. The predicted molar refractivity (Wildman–Crippen MR) is 107 cm³/mol. The van der Waals surface area contributed by atoms with Crippen molar-refractivity contribution >= 4 is 33.9 Å². The number of esters is 1. The number of aromatic nitrogens is 3. The minimum Gasteiger partial charge on any atom is -0.465 e. The SMILES string of the molecule is COC(=O)c1cccc(C)c1S(=O)(=O)N(C(N)=O)c1nc(OCC(F)(F)F)nc(N(C)C)n1. The van der Waals surface area contributed by atoms with Crippen molar-refractivity contribution < 1.29 is 40.7 Å². The van der Waals surface area contributed by atoms with Crippen LogP contribution in [0.1, 0.15) is 15.9 Å². The van der Waals surface area contributed by atoms with E-state index in [1.54, 1.807) is 0 Å². The molecular formula is C17H19F3N6O6S. The lowest BCUT2D eigenvalue weighted by molar-refractivity contribution is -0.154. The second-order valence-electron chi connectivity index (χ2n) is 6.57. The number of nitrogens with two attached hydrogens (primary N) is 1. The van der Waals surface area contributed by atoms with Crippen LogP contribution >= 0.6 is 0 Å². The van der Waals surface area contributed by atoms with Gasteiger partial charge in [0.05, 0.1) is 12.7 Å². The molecule has 1 aromatic carbocycles. The molecule has 16 heteroatoms. The zero-order valence-corrected chi connectivity index (χ0v) is 18.6. The molecule has 1 aromatic heterocycles. The quantitative estimate of drug-likeness (QED) is 0.558. The Morgan fingerprint density at radius 2 is 1.73 bits per heavy atom. The van der Waals surface area contributed by atoms with Crippen LogP contribution in [0.2, 0.25) is 0 Å². The van der Waals surface area contributed by atoms with Gasteiger partial charge in [-0.1, -0.05) is 12.1 Å². The number of amides is 2. The number of primary amides is 1. The van der Waals surface area contributed by atoms with Crippen molar-refractivity contribution in [2.75, 3.05) is 37.0 Å². The van der Waals surface area contributed by atoms with Gasteiger partial charge in [-0.25, -0.2) is 18.0 Å². The fourth-order valence-corrected chi connectivity index (χ4v) is 4.14. The van der Waals surface area contributed by atoms with Crippen molar-refractivity contribution in [1.29, 1.82) is 0 Å². The number of methoxy groups -OCH3 is 1. The molecule has 0 bridgehead atoms. The van der Waals surface area contributed by atoms with Gasteiger partial charge >= 0.3 is 24.2 Å². The highest BCUT2D eigenvalue weighted by Crippen LogP contribution is 2.29. The maximum Gasteiger partial charge on any atom is 0.422 e. The summed E-state index contributed by atoms with van der Waals surface area (Å²) in [5.41, 5.74) is 4.90. The van der Waals surface area contributed by atoms with Crippen molar-refractivity contribution in [2.45, 2.75) is 18.0 Å². The van der Waals surface area contributed by atoms with Crippen LogP contribution in [-0.2, 0) is 14.8 Å². The molecular weight excluding hydrogens is 473 g/mol. The Hall–Kier alpha value is -3.69. The number of halogens is 3. The number of ether oxygens (including phenoxy) is 2. The number of urea groups is 1. The molecule has 2 aromatic rings. The van der Waals surface area contributed by atoms with Crippen molar-refractivity contribution in [3.63, 3.8) is 0 Å². The van der Waals surface area contributed by atoms with E-state index in [2.05, 4.69) is 24.4 Å². The van der Waals surface area contributed by atoms with Gasteiger partial charge in [-0.05, 0) is 18.6 Å². The maximum absolute atomic E-state index is 13.4. The molecule has 180 valence electrons. The van der Waals surface area contributed by atoms with Crippen molar-refractivity contribution in [2.24, 2.45) is 5.73 Å². The Morgan fingerprint density at radius 3 is 2.24 bits per heavy atom. The molecule has 0 atom stereocenters. The molecule has 0 spiro atoms. The first-order valence-electron chi connectivity index (χ1n) is 8.84. The number of hydrogen-bond acceptors (Lipinski definition) is 10. The zero-order chi connectivity index (χ0) is 25.1. The van der Waals surface area contributed by atoms with E-state index in [4.69, 9.17) is 5.73 Å². The molecule has 2 rings (SSSR count). The number of aryl methyl sites for hydroxylation is 1. The summed E-state index contributed by atoms with van der Waals surface area (Å²) in [6.45, 7) is -0.452. The number of rotatable bonds is 7. The smallest absolute Gasteiger partial charge is 0.422 e. The van der Waals surface area contributed by atoms with E-state index in [9.17, 15) is 31.2 Å². The van der Waals surface area contributed by atoms with Gasteiger partial charge in [0, 0.05) is 14.1 Å². The van der Waals surface area contributed by atoms with E-state index >= 15 is 0 Å². The summed E-state index contributed by atoms with van der Waals surface area (Å²) in [6, 6.07) is 1.34. The maximum atomic E-state index is 13.4. The highest BCUT2D eigenvalue weighted by atomic mass is 32.2. The first-order chi connectivity index (χ1) is 15.2. The molecule has 0 aliphatic heterocycles. The molecule has 2 N–H and O–H groups in total. The van der Waals surface area contributed by atoms with E-state index in [0.717, 1.165) is 13.2 Å². The van der Waals surface area contributed by atoms with Crippen LogP contribution in [-0.4, -0.2) is 69.4 Å². The van der Waals surface area contributed by atoms with Crippen molar-refractivity contribution in [3.05, 3.63) is 29.3 Å². The number of hydrogen-bond donors (Lipinski definition) is 1. The van der Waals surface area contributed by atoms with E-state index in [0.29, 0.717) is 0 Å². The van der Waals surface area contributed by atoms with Crippen molar-refractivity contribution in [1.82, 2.24) is 15.0 Å². The van der Waals surface area contributed by atoms with Gasteiger partial charge in [0.25, 0.3) is 16.0 Å². The summed E-state index contributed by atoms with van der Waals surface area (Å²) in [4.78, 5) is 35.9. The molecule has 0 radical (unpaired) electrons. The summed E-state index contributed by atoms with van der Waals surface area (Å²) in [7, 11) is -1.15. The third-order valence-corrected chi connectivity index (χ3v) is 5.74. The average Bonchev–Trinajstić information content (AvgIpc) is 2.70. The average molecular weight is 492 g/mol. The minimum atomic E-state index is -4.96. The number of anilines is 2. The highest BCUT2D eigenvalue weighted by molar-refractivity contribution is 7.93. The molecule has 1 heterocycles. The normalized spacial score (nSPS) is 11.6. The van der Waals surface area contributed by atoms with Crippen LogP contribution in [0.4, 0.5) is 29.9 Å². The van der Waals surface area contributed by atoms with E-state index < -0.39 is 57.2 Å². The summed E-state index contributed by atoms with van der Waals surface area (Å²) < 4.78 is 73.6. The third-order valence-electron chi connectivity index (χ3n) is 3.85. The molecule has 0 saturated heterocycles. The van der Waals surface area contributed by atoms with Crippen LogP contribution in [0, 0.1) is 6.92 Å². The van der Waals surface area contributed by atoms with Gasteiger partial charge in [0.15, 0.2) is 6.61 Å². The third kappa shape index (κ3) is 5.76. The minimum absolute atomic E-state index is 0.0413. The van der Waals surface area contributed by atoms with Gasteiger partial charge in [0.1, 0.15) is 4.90 Å². The highest BCUT2D eigenvalue weighted by Gasteiger charge is 2.37. The Labute approximate surface area is 186 Å². The standard InChI is InChI=1S/C17H19F3N6O6S/c1-9-6-5-7-10(12(27)31-4)11(9)33(29,30)26(13(21)28)15-22-14(25(2)3)23-16(24-15)32-8-17(18,19)20/h5-7H,8H2,1-4H3,(H2,21,28). The van der Waals surface area contributed by atoms with Crippen LogP contribution < -0.4 is 19.7 Å². The molecule has 0 aliphatic rings. The summed E-state index contributed by atoms with van der Waals surface area (Å²) >= 11 is 0. The van der Waals surface area contributed by atoms with Crippen LogP contribution in [0.3, 0.4) is 0 Å². The fourth-order valence-electron chi connectivity index (χ4n) is 2.52. The molecule has 0 fully saturated rings. The number of benzene rings is 1. The van der Waals surface area contributed by atoms with Gasteiger partial charge < -0.3 is 20.1 Å². The first-order valence-corrected chi connectivity index (χ1v) is 10.3. The van der Waals surface area contributed by atoms with Crippen LogP contribution in [0.15, 0.2) is 23.1 Å². The Bertz CT molecular complexity index is 1170. The van der Waals surface area contributed by atoms with Gasteiger partial charge in [-0.3, -0.25) is 0 Å². The molecule has 0 aliphatic carbocycles. The number of carbonyl (C=O) groups excluding carboxylic acids is 2. The Kier molecular flexibility index (Phi) is 7.31. The molecule has 33 heavy (non-hydrogen) atoms. The van der Waals surface area contributed by atoms with Crippen molar-refractivity contribution in [3.8, 4) is 6.01 Å². The predicted octanol–water partition coefficient (Wildman–Crippen LogP) is 1.25. The van der Waals surface area contributed by atoms with Crippen LogP contribution in [0.5, 0.6) is 6.01 Å². The number of nitrogens with zero attached hydrogens (tertiary/aromatic N) is 5. The van der Waals surface area contributed by atoms with E-state index in [1.165, 1.54) is 38.1 Å². The number of carbonyl (C=O) groups is 2. The lowest BCUT2D eigenvalue weighted by Gasteiger charge is -2.22. The van der Waals surface area contributed by atoms with E-state index in [1.807, 2.05) is 0 Å². The topological polar surface area (TPSA) is 158 Å². The summed E-state index contributed by atoms with van der Waals surface area (Å²) in [5.74, 6) is -2.31. The number of sulfonamides is 1. The van der Waals surface area contributed by atoms with E-state index in [-0.39, 0.29) is 15.8 Å². The molecule has 0 saturated carbocycles. The monoisotopic (exact) mass is 492 g/mol. The van der Waals surface area contributed by atoms with Crippen LogP contribution in [0.25, 0.3) is 0 Å². The lowest BCUT2D eigenvalue weighted by atomic mass is 10.1. The molecule has 2 amide bonds. The second kappa shape index (κ2) is 9.43. The number of alkyl halides is 3. The lowest BCUT2D eigenvalue weighted by Crippen LogP contribution is -2.43. The summed E-state index contributed by atoms with van der Waals surface area (Å²) in [5, 5.41) is 0. The first kappa shape index (κ1) is 25.6. The van der Waals surface area contributed by atoms with Gasteiger partial charge in [-0.2, -0.15) is 28.1 Å². The fraction of sp³-hybridized carbons (Fsp3) is 0.353. The molecule has 0 unspecified atom stereocenters. The second-order valence-corrected chi connectivity index (χ2v) is 8.29. The van der Waals surface area contributed by atoms with Gasteiger partial charge in [-0.15, -0.1) is 4.31 Å². The van der Waals surface area contributed by atoms with Gasteiger partial charge in [0.2, 0.25) is 5.95 Å². The summed E-state index contributed by atoms with van der Waals surface area (Å²) in [6.07, 6.45) is -4.75. The Balaban J connectivity index is 2.74. The largest absolute Gasteiger partial charge is 0.465 e. The Morgan fingerprint density at radius 1 is 1.12 bits per heavy atom. The molecule has 12 nitrogen and oxygen atoms in total.